The molecule has 6 nitrogen and oxygen atoms in total. The first-order valence-electron chi connectivity index (χ1n) is 4.47. The first-order valence-corrected chi connectivity index (χ1v) is 4.88. The summed E-state index contributed by atoms with van der Waals surface area (Å²) in [6.45, 7) is 1.86. The Morgan fingerprint density at radius 3 is 3.00 bits per heavy atom. The first kappa shape index (κ1) is 12.3. The number of carbonyl (C=O) groups excluding carboxylic acids is 1. The van der Waals surface area contributed by atoms with E-state index in [0.29, 0.717) is 23.1 Å². The smallest absolute Gasteiger partial charge is 0.178 e. The van der Waals surface area contributed by atoms with Crippen molar-refractivity contribution in [3.05, 3.63) is 23.0 Å². The number of pyridine rings is 1. The second-order valence-electron chi connectivity index (χ2n) is 3.09. The molecule has 1 aromatic rings. The molecule has 7 heteroatoms. The Labute approximate surface area is 97.8 Å². The minimum atomic E-state index is -0.0122. The molecule has 0 aromatic carbocycles. The topological polar surface area (TPSA) is 100 Å². The lowest BCUT2D eigenvalue weighted by Crippen LogP contribution is -2.40. The maximum atomic E-state index is 10.7. The molecule has 0 unspecified atom stereocenters. The van der Waals surface area contributed by atoms with E-state index in [4.69, 9.17) is 5.73 Å². The van der Waals surface area contributed by atoms with Gasteiger partial charge in [0.1, 0.15) is 5.75 Å². The molecule has 0 amide bonds. The molecule has 0 saturated heterocycles. The number of aryl methyl sites for hydroxylation is 1. The quantitative estimate of drug-likeness (QED) is 0.327. The van der Waals surface area contributed by atoms with Gasteiger partial charge in [0.2, 0.25) is 0 Å². The van der Waals surface area contributed by atoms with Gasteiger partial charge < -0.3 is 10.8 Å². The number of aldehydes is 1. The van der Waals surface area contributed by atoms with E-state index in [1.54, 1.807) is 6.92 Å². The lowest BCUT2D eigenvalue weighted by atomic mass is 10.1. The molecule has 0 fully saturated rings. The van der Waals surface area contributed by atoms with Crippen molar-refractivity contribution in [1.29, 1.82) is 0 Å². The molecule has 0 aliphatic heterocycles. The van der Waals surface area contributed by atoms with Gasteiger partial charge in [0.15, 0.2) is 11.4 Å². The van der Waals surface area contributed by atoms with Crippen LogP contribution in [0.15, 0.2) is 6.20 Å². The molecule has 0 spiro atoms. The standard InChI is InChI=1S/C9H12N4O2S/c1-5-8(15)7(3-12-13-9(10)16)6(4-14)2-11-5/h2,4,12,15H,3H2,1H3,(H3,10,13,16). The summed E-state index contributed by atoms with van der Waals surface area (Å²) in [6.07, 6.45) is 2.03. The van der Waals surface area contributed by atoms with Crippen molar-refractivity contribution in [3.63, 3.8) is 0 Å². The molecule has 16 heavy (non-hydrogen) atoms. The van der Waals surface area contributed by atoms with E-state index in [9.17, 15) is 9.90 Å². The summed E-state index contributed by atoms with van der Waals surface area (Å²) < 4.78 is 0. The summed E-state index contributed by atoms with van der Waals surface area (Å²) in [5.74, 6) is -0.0122. The Bertz CT molecular complexity index is 422. The van der Waals surface area contributed by atoms with E-state index >= 15 is 0 Å². The highest BCUT2D eigenvalue weighted by Gasteiger charge is 2.10. The van der Waals surface area contributed by atoms with Crippen LogP contribution >= 0.6 is 12.2 Å². The number of hydrazine groups is 1. The zero-order valence-electron chi connectivity index (χ0n) is 8.65. The average molecular weight is 240 g/mol. The normalized spacial score (nSPS) is 9.81. The minimum Gasteiger partial charge on any atom is -0.506 e. The van der Waals surface area contributed by atoms with Crippen molar-refractivity contribution >= 4 is 23.6 Å². The van der Waals surface area contributed by atoms with E-state index in [0.717, 1.165) is 0 Å². The number of hydrogen-bond donors (Lipinski definition) is 4. The fourth-order valence-electron chi connectivity index (χ4n) is 1.17. The number of hydrogen-bond acceptors (Lipinski definition) is 5. The summed E-state index contributed by atoms with van der Waals surface area (Å²) in [7, 11) is 0. The van der Waals surface area contributed by atoms with Crippen LogP contribution in [0.4, 0.5) is 0 Å². The van der Waals surface area contributed by atoms with Crippen LogP contribution in [-0.2, 0) is 6.54 Å². The Morgan fingerprint density at radius 2 is 2.44 bits per heavy atom. The number of aromatic hydroxyl groups is 1. The zero-order valence-corrected chi connectivity index (χ0v) is 9.47. The van der Waals surface area contributed by atoms with Crippen LogP contribution < -0.4 is 16.6 Å². The second-order valence-corrected chi connectivity index (χ2v) is 3.53. The van der Waals surface area contributed by atoms with Gasteiger partial charge in [-0.1, -0.05) is 0 Å². The summed E-state index contributed by atoms with van der Waals surface area (Å²) >= 11 is 4.59. The molecule has 0 aliphatic rings. The predicted octanol–water partition coefficient (Wildman–Crippen LogP) is -0.254. The van der Waals surface area contributed by atoms with Crippen molar-refractivity contribution < 1.29 is 9.90 Å². The lowest BCUT2D eigenvalue weighted by Gasteiger charge is -2.11. The molecule has 5 N–H and O–H groups in total. The number of aromatic nitrogens is 1. The molecule has 86 valence electrons. The van der Waals surface area contributed by atoms with Crippen molar-refractivity contribution in [2.75, 3.05) is 0 Å². The summed E-state index contributed by atoms with van der Waals surface area (Å²) in [4.78, 5) is 14.6. The molecule has 0 bridgehead atoms. The van der Waals surface area contributed by atoms with Crippen LogP contribution in [0.2, 0.25) is 0 Å². The third-order valence-electron chi connectivity index (χ3n) is 1.98. The largest absolute Gasteiger partial charge is 0.506 e. The van der Waals surface area contributed by atoms with Crippen LogP contribution in [0, 0.1) is 6.92 Å². The summed E-state index contributed by atoms with van der Waals surface area (Å²) in [5, 5.41) is 9.80. The van der Waals surface area contributed by atoms with Gasteiger partial charge in [0.05, 0.1) is 5.69 Å². The number of thiocarbonyl (C=S) groups is 1. The third-order valence-corrected chi connectivity index (χ3v) is 2.08. The van der Waals surface area contributed by atoms with Gasteiger partial charge >= 0.3 is 0 Å². The van der Waals surface area contributed by atoms with Gasteiger partial charge in [0.25, 0.3) is 0 Å². The molecule has 0 atom stereocenters. The first-order chi connectivity index (χ1) is 7.56. The second kappa shape index (κ2) is 5.38. The van der Waals surface area contributed by atoms with E-state index in [2.05, 4.69) is 28.1 Å². The molecule has 1 heterocycles. The van der Waals surface area contributed by atoms with E-state index < -0.39 is 0 Å². The molecule has 1 aromatic heterocycles. The number of nitrogens with two attached hydrogens (primary N) is 1. The van der Waals surface area contributed by atoms with E-state index in [1.165, 1.54) is 6.20 Å². The van der Waals surface area contributed by atoms with Gasteiger partial charge in [-0.2, -0.15) is 0 Å². The SMILES string of the molecule is Cc1ncc(C=O)c(CNNC(N)=S)c1O. The minimum absolute atomic E-state index is 0.0122. The van der Waals surface area contributed by atoms with Gasteiger partial charge in [-0.15, -0.1) is 0 Å². The van der Waals surface area contributed by atoms with Crippen LogP contribution in [0.5, 0.6) is 5.75 Å². The van der Waals surface area contributed by atoms with E-state index in [1.807, 2.05) is 0 Å². The van der Waals surface area contributed by atoms with Crippen LogP contribution in [-0.4, -0.2) is 21.5 Å². The van der Waals surface area contributed by atoms with Crippen molar-refractivity contribution in [2.24, 2.45) is 5.73 Å². The van der Waals surface area contributed by atoms with Crippen molar-refractivity contribution in [2.45, 2.75) is 13.5 Å². The van der Waals surface area contributed by atoms with Crippen LogP contribution in [0.25, 0.3) is 0 Å². The average Bonchev–Trinajstić information content (AvgIpc) is 2.24. The number of nitrogens with one attached hydrogen (secondary N) is 2. The van der Waals surface area contributed by atoms with Crippen molar-refractivity contribution in [3.8, 4) is 5.75 Å². The monoisotopic (exact) mass is 240 g/mol. The van der Waals surface area contributed by atoms with E-state index in [-0.39, 0.29) is 17.4 Å². The Hall–Kier alpha value is -1.73. The lowest BCUT2D eigenvalue weighted by molar-refractivity contribution is 0.112. The number of carbonyl (C=O) groups is 1. The summed E-state index contributed by atoms with van der Waals surface area (Å²) in [5.41, 5.74) is 11.6. The highest BCUT2D eigenvalue weighted by Crippen LogP contribution is 2.22. The molecule has 0 radical (unpaired) electrons. The molecule has 1 rings (SSSR count). The number of rotatable bonds is 4. The molecular formula is C9H12N4O2S. The van der Waals surface area contributed by atoms with Crippen LogP contribution in [0.3, 0.4) is 0 Å². The highest BCUT2D eigenvalue weighted by atomic mass is 32.1. The fourth-order valence-corrected chi connectivity index (χ4v) is 1.24. The van der Waals surface area contributed by atoms with Gasteiger partial charge in [-0.25, -0.2) is 5.43 Å². The molecule has 0 saturated carbocycles. The predicted molar refractivity (Wildman–Crippen MR) is 62.8 cm³/mol. The molecule has 0 aliphatic carbocycles. The van der Waals surface area contributed by atoms with Gasteiger partial charge in [0, 0.05) is 23.9 Å². The third kappa shape index (κ3) is 2.88. The van der Waals surface area contributed by atoms with Crippen LogP contribution in [0.1, 0.15) is 21.6 Å². The maximum absolute atomic E-state index is 10.7. The maximum Gasteiger partial charge on any atom is 0.178 e. The Morgan fingerprint density at radius 1 is 1.75 bits per heavy atom. The molecular weight excluding hydrogens is 228 g/mol. The fraction of sp³-hybridized carbons (Fsp3) is 0.222. The number of nitrogens with zero attached hydrogens (tertiary/aromatic N) is 1. The van der Waals surface area contributed by atoms with Gasteiger partial charge in [-0.05, 0) is 19.1 Å². The summed E-state index contributed by atoms with van der Waals surface area (Å²) in [6, 6.07) is 0. The Kier molecular flexibility index (Phi) is 4.15. The highest BCUT2D eigenvalue weighted by molar-refractivity contribution is 7.80. The Balaban J connectivity index is 2.88. The van der Waals surface area contributed by atoms with Crippen molar-refractivity contribution in [1.82, 2.24) is 15.8 Å². The van der Waals surface area contributed by atoms with Gasteiger partial charge in [-0.3, -0.25) is 15.2 Å². The zero-order chi connectivity index (χ0) is 12.1.